The molecular formula is C25H28O6. The Labute approximate surface area is 181 Å². The number of aromatic hydroxyl groups is 4. The number of rotatable bonds is 6. The zero-order chi connectivity index (χ0) is 22.7. The third kappa shape index (κ3) is 5.02. The number of hydrogen-bond donors (Lipinski definition) is 4. The quantitative estimate of drug-likeness (QED) is 0.363. The number of fused-ring (bicyclic) bond motifs is 1. The van der Waals surface area contributed by atoms with Gasteiger partial charge in [0.15, 0.2) is 17.3 Å². The van der Waals surface area contributed by atoms with Crippen molar-refractivity contribution in [1.82, 2.24) is 0 Å². The molecule has 0 fully saturated rings. The molecule has 0 aliphatic carbocycles. The fourth-order valence-corrected chi connectivity index (χ4v) is 3.59. The summed E-state index contributed by atoms with van der Waals surface area (Å²) < 4.78 is 5.85. The van der Waals surface area contributed by atoms with E-state index in [-0.39, 0.29) is 52.1 Å². The molecule has 0 bridgehead atoms. The number of ether oxygens (including phenoxy) is 1. The van der Waals surface area contributed by atoms with Crippen LogP contribution >= 0.6 is 0 Å². The van der Waals surface area contributed by atoms with E-state index in [1.807, 2.05) is 13.0 Å². The Kier molecular flexibility index (Phi) is 6.59. The van der Waals surface area contributed by atoms with E-state index in [0.717, 1.165) is 18.4 Å². The second kappa shape index (κ2) is 9.16. The fraction of sp³-hybridized carbons (Fsp3) is 0.320. The average molecular weight is 424 g/mol. The monoisotopic (exact) mass is 424 g/mol. The van der Waals surface area contributed by atoms with Crippen LogP contribution in [0.25, 0.3) is 0 Å². The third-order valence-corrected chi connectivity index (χ3v) is 5.38. The van der Waals surface area contributed by atoms with Crippen molar-refractivity contribution in [2.45, 2.75) is 52.6 Å². The van der Waals surface area contributed by atoms with Crippen molar-refractivity contribution < 1.29 is 30.0 Å². The van der Waals surface area contributed by atoms with Crippen LogP contribution in [0.4, 0.5) is 0 Å². The average Bonchev–Trinajstić information content (AvgIpc) is 2.68. The number of ketones is 1. The molecule has 1 atom stereocenters. The summed E-state index contributed by atoms with van der Waals surface area (Å²) >= 11 is 0. The van der Waals surface area contributed by atoms with E-state index in [4.69, 9.17) is 4.74 Å². The van der Waals surface area contributed by atoms with Gasteiger partial charge in [0, 0.05) is 11.6 Å². The van der Waals surface area contributed by atoms with Gasteiger partial charge in [-0.1, -0.05) is 29.4 Å². The van der Waals surface area contributed by atoms with E-state index in [1.54, 1.807) is 6.07 Å². The van der Waals surface area contributed by atoms with Gasteiger partial charge in [-0.2, -0.15) is 0 Å². The van der Waals surface area contributed by atoms with Gasteiger partial charge in [0.2, 0.25) is 0 Å². The van der Waals surface area contributed by atoms with E-state index >= 15 is 0 Å². The van der Waals surface area contributed by atoms with Crippen molar-refractivity contribution in [3.05, 3.63) is 64.3 Å². The molecule has 0 aromatic heterocycles. The summed E-state index contributed by atoms with van der Waals surface area (Å²) in [7, 11) is 0. The molecule has 1 heterocycles. The Hall–Kier alpha value is -3.41. The normalized spacial score (nSPS) is 15.9. The number of phenolic OH excluding ortho intramolecular Hbond substituents is 4. The van der Waals surface area contributed by atoms with Crippen LogP contribution in [-0.4, -0.2) is 26.2 Å². The van der Waals surface area contributed by atoms with Crippen molar-refractivity contribution >= 4 is 5.78 Å². The topological polar surface area (TPSA) is 107 Å². The molecule has 0 radical (unpaired) electrons. The number of benzene rings is 2. The van der Waals surface area contributed by atoms with Gasteiger partial charge in [-0.15, -0.1) is 0 Å². The SMILES string of the molecule is CC(C)=CCC/C(C)=C/Cc1c(O)cc2c(c1O)C(=O)CC(c1ccc(O)c(O)c1)O2. The largest absolute Gasteiger partial charge is 0.507 e. The van der Waals surface area contributed by atoms with E-state index < -0.39 is 6.10 Å². The van der Waals surface area contributed by atoms with Gasteiger partial charge >= 0.3 is 0 Å². The molecule has 1 aliphatic rings. The lowest BCUT2D eigenvalue weighted by Gasteiger charge is -2.27. The summed E-state index contributed by atoms with van der Waals surface area (Å²) in [5.74, 6) is -1.21. The maximum absolute atomic E-state index is 12.8. The summed E-state index contributed by atoms with van der Waals surface area (Å²) in [5, 5.41) is 40.4. The van der Waals surface area contributed by atoms with Crippen LogP contribution in [0, 0.1) is 0 Å². The second-order valence-corrected chi connectivity index (χ2v) is 8.15. The summed E-state index contributed by atoms with van der Waals surface area (Å²) in [6.07, 6.45) is 5.46. The lowest BCUT2D eigenvalue weighted by molar-refractivity contribution is 0.0844. The molecule has 6 heteroatoms. The molecule has 6 nitrogen and oxygen atoms in total. The van der Waals surface area contributed by atoms with Gasteiger partial charge in [0.25, 0.3) is 0 Å². The number of carbonyl (C=O) groups excluding carboxylic acids is 1. The van der Waals surface area contributed by atoms with Gasteiger partial charge in [-0.3, -0.25) is 4.79 Å². The molecule has 0 amide bonds. The van der Waals surface area contributed by atoms with Crippen molar-refractivity contribution in [2.75, 3.05) is 0 Å². The molecule has 31 heavy (non-hydrogen) atoms. The number of carbonyl (C=O) groups is 1. The van der Waals surface area contributed by atoms with Crippen molar-refractivity contribution in [1.29, 1.82) is 0 Å². The minimum Gasteiger partial charge on any atom is -0.507 e. The van der Waals surface area contributed by atoms with Gasteiger partial charge in [0.05, 0.1) is 6.42 Å². The molecule has 0 saturated heterocycles. The highest BCUT2D eigenvalue weighted by Gasteiger charge is 2.32. The van der Waals surface area contributed by atoms with Crippen LogP contribution in [0.5, 0.6) is 28.7 Å². The van der Waals surface area contributed by atoms with Gasteiger partial charge in [0.1, 0.15) is 28.9 Å². The van der Waals surface area contributed by atoms with Crippen molar-refractivity contribution in [3.63, 3.8) is 0 Å². The Bertz CT molecular complexity index is 1060. The zero-order valence-electron chi connectivity index (χ0n) is 18.0. The van der Waals surface area contributed by atoms with Crippen molar-refractivity contribution in [3.8, 4) is 28.7 Å². The van der Waals surface area contributed by atoms with Crippen molar-refractivity contribution in [2.24, 2.45) is 0 Å². The molecule has 1 aliphatic heterocycles. The molecule has 0 saturated carbocycles. The minimum absolute atomic E-state index is 0.0352. The highest BCUT2D eigenvalue weighted by molar-refractivity contribution is 6.03. The molecule has 2 aromatic carbocycles. The molecule has 2 aromatic rings. The number of phenols is 4. The Morgan fingerprint density at radius 1 is 1.03 bits per heavy atom. The van der Waals surface area contributed by atoms with Gasteiger partial charge in [-0.25, -0.2) is 0 Å². The summed E-state index contributed by atoms with van der Waals surface area (Å²) in [6.45, 7) is 6.10. The van der Waals surface area contributed by atoms with Crippen LogP contribution < -0.4 is 4.74 Å². The van der Waals surface area contributed by atoms with Gasteiger partial charge in [-0.05, 0) is 57.7 Å². The lowest BCUT2D eigenvalue weighted by atomic mass is 9.92. The molecule has 0 spiro atoms. The summed E-state index contributed by atoms with van der Waals surface area (Å²) in [5.41, 5.74) is 3.24. The predicted octanol–water partition coefficient (Wildman–Crippen LogP) is 5.45. The first-order valence-electron chi connectivity index (χ1n) is 10.3. The minimum atomic E-state index is -0.701. The first-order valence-corrected chi connectivity index (χ1v) is 10.3. The fourth-order valence-electron chi connectivity index (χ4n) is 3.59. The Balaban J connectivity index is 1.84. The second-order valence-electron chi connectivity index (χ2n) is 8.15. The highest BCUT2D eigenvalue weighted by Crippen LogP contribution is 2.45. The van der Waals surface area contributed by atoms with Crippen LogP contribution in [0.15, 0.2) is 47.6 Å². The first kappa shape index (κ1) is 22.3. The highest BCUT2D eigenvalue weighted by atomic mass is 16.5. The first-order chi connectivity index (χ1) is 14.7. The Morgan fingerprint density at radius 3 is 2.45 bits per heavy atom. The van der Waals surface area contributed by atoms with E-state index in [9.17, 15) is 25.2 Å². The maximum Gasteiger partial charge on any atom is 0.174 e. The lowest BCUT2D eigenvalue weighted by Crippen LogP contribution is -2.21. The van der Waals surface area contributed by atoms with E-state index in [2.05, 4.69) is 19.9 Å². The van der Waals surface area contributed by atoms with Crippen LogP contribution in [-0.2, 0) is 6.42 Å². The number of hydrogen-bond acceptors (Lipinski definition) is 6. The smallest absolute Gasteiger partial charge is 0.174 e. The van der Waals surface area contributed by atoms with E-state index in [1.165, 1.54) is 23.8 Å². The standard InChI is InChI=1S/C25H28O6/c1-14(2)5-4-6-15(3)7-9-17-19(27)12-23-24(25(17)30)21(29)13-22(31-23)16-8-10-18(26)20(28)11-16/h5,7-8,10-12,22,26-28,30H,4,6,9,13H2,1-3H3/b15-7+. The van der Waals surface area contributed by atoms with Crippen LogP contribution in [0.2, 0.25) is 0 Å². The number of allylic oxidation sites excluding steroid dienone is 4. The third-order valence-electron chi connectivity index (χ3n) is 5.38. The Morgan fingerprint density at radius 2 is 1.77 bits per heavy atom. The van der Waals surface area contributed by atoms with Gasteiger partial charge < -0.3 is 25.2 Å². The summed E-state index contributed by atoms with van der Waals surface area (Å²) in [6, 6.07) is 5.55. The molecular weight excluding hydrogens is 396 g/mol. The molecule has 164 valence electrons. The maximum atomic E-state index is 12.8. The molecule has 3 rings (SSSR count). The number of Topliss-reactive ketones (excluding diaryl/α,β-unsaturated/α-hetero) is 1. The zero-order valence-corrected chi connectivity index (χ0v) is 18.0. The molecule has 4 N–H and O–H groups in total. The molecule has 1 unspecified atom stereocenters. The van der Waals surface area contributed by atoms with E-state index in [0.29, 0.717) is 12.0 Å². The summed E-state index contributed by atoms with van der Waals surface area (Å²) in [4.78, 5) is 12.8. The van der Waals surface area contributed by atoms with Crippen LogP contribution in [0.1, 0.15) is 67.6 Å². The predicted molar refractivity (Wildman–Crippen MR) is 118 cm³/mol. The van der Waals surface area contributed by atoms with Crippen LogP contribution in [0.3, 0.4) is 0 Å².